The maximum atomic E-state index is 13.0. The summed E-state index contributed by atoms with van der Waals surface area (Å²) in [7, 11) is 0. The van der Waals surface area contributed by atoms with Crippen LogP contribution in [0, 0.1) is 10.1 Å². The van der Waals surface area contributed by atoms with Gasteiger partial charge in [-0.25, -0.2) is 8.78 Å². The van der Waals surface area contributed by atoms with Crippen LogP contribution in [0.15, 0.2) is 18.2 Å². The van der Waals surface area contributed by atoms with E-state index in [0.29, 0.717) is 12.0 Å². The van der Waals surface area contributed by atoms with E-state index in [1.807, 2.05) is 13.8 Å². The van der Waals surface area contributed by atoms with Crippen LogP contribution in [0.25, 0.3) is 0 Å². The first-order valence-corrected chi connectivity index (χ1v) is 6.50. The molecular formula is C12H14BrF2NO2. The highest BCUT2D eigenvalue weighted by atomic mass is 79.9. The van der Waals surface area contributed by atoms with Gasteiger partial charge in [0.15, 0.2) is 0 Å². The minimum absolute atomic E-state index is 0.0291. The van der Waals surface area contributed by atoms with Crippen molar-refractivity contribution >= 4 is 21.6 Å². The van der Waals surface area contributed by atoms with Crippen LogP contribution in [0.5, 0.6) is 0 Å². The molecule has 0 amide bonds. The summed E-state index contributed by atoms with van der Waals surface area (Å²) in [5, 5.41) is 10.6. The Balaban J connectivity index is 3.30. The second-order valence-electron chi connectivity index (χ2n) is 4.06. The molecule has 2 atom stereocenters. The first kappa shape index (κ1) is 15.0. The van der Waals surface area contributed by atoms with E-state index in [1.165, 1.54) is 12.1 Å². The van der Waals surface area contributed by atoms with Crippen LogP contribution in [-0.2, 0) is 0 Å². The number of nitrogens with zero attached hydrogens (tertiary/aromatic N) is 1. The Bertz CT molecular complexity index is 438. The van der Waals surface area contributed by atoms with E-state index in [1.54, 1.807) is 0 Å². The number of nitro benzene ring substituents is 1. The molecule has 3 nitrogen and oxygen atoms in total. The van der Waals surface area contributed by atoms with Crippen LogP contribution in [-0.4, -0.2) is 9.75 Å². The fourth-order valence-electron chi connectivity index (χ4n) is 1.99. The molecule has 6 heteroatoms. The summed E-state index contributed by atoms with van der Waals surface area (Å²) in [4.78, 5) is 9.98. The lowest BCUT2D eigenvalue weighted by Gasteiger charge is -2.21. The van der Waals surface area contributed by atoms with E-state index < -0.39 is 11.3 Å². The summed E-state index contributed by atoms with van der Waals surface area (Å²) < 4.78 is 26.0. The molecular weight excluding hydrogens is 308 g/mol. The van der Waals surface area contributed by atoms with E-state index in [4.69, 9.17) is 0 Å². The maximum absolute atomic E-state index is 13.0. The van der Waals surface area contributed by atoms with Gasteiger partial charge in [-0.2, -0.15) is 0 Å². The van der Waals surface area contributed by atoms with E-state index in [2.05, 4.69) is 15.9 Å². The summed E-state index contributed by atoms with van der Waals surface area (Å²) in [6.07, 6.45) is -2.02. The molecule has 0 aliphatic rings. The predicted octanol–water partition coefficient (Wildman–Crippen LogP) is 4.81. The van der Waals surface area contributed by atoms with Crippen LogP contribution in [0.2, 0.25) is 0 Å². The molecule has 0 radical (unpaired) electrons. The second kappa shape index (κ2) is 6.22. The van der Waals surface area contributed by atoms with Crippen molar-refractivity contribution in [3.05, 3.63) is 39.4 Å². The molecule has 0 saturated heterocycles. The van der Waals surface area contributed by atoms with Crippen molar-refractivity contribution in [2.24, 2.45) is 0 Å². The van der Waals surface area contributed by atoms with Crippen molar-refractivity contribution in [3.8, 4) is 0 Å². The molecule has 0 spiro atoms. The number of nitro groups is 1. The Hall–Kier alpha value is -1.04. The highest BCUT2D eigenvalue weighted by molar-refractivity contribution is 9.09. The second-order valence-corrected chi connectivity index (χ2v) is 5.51. The van der Waals surface area contributed by atoms with Gasteiger partial charge in [-0.05, 0) is 17.9 Å². The number of hydrogen-bond donors (Lipinski definition) is 0. The normalized spacial score (nSPS) is 14.6. The molecule has 0 saturated carbocycles. The Morgan fingerprint density at radius 2 is 2.00 bits per heavy atom. The largest absolute Gasteiger partial charge is 0.269 e. The van der Waals surface area contributed by atoms with Crippen molar-refractivity contribution in [3.63, 3.8) is 0 Å². The zero-order chi connectivity index (χ0) is 13.9. The predicted molar refractivity (Wildman–Crippen MR) is 69.5 cm³/mol. The average Bonchev–Trinajstić information content (AvgIpc) is 2.29. The topological polar surface area (TPSA) is 43.1 Å². The third-order valence-electron chi connectivity index (χ3n) is 2.91. The van der Waals surface area contributed by atoms with Crippen molar-refractivity contribution in [1.29, 1.82) is 0 Å². The van der Waals surface area contributed by atoms with Crippen molar-refractivity contribution in [1.82, 2.24) is 0 Å². The van der Waals surface area contributed by atoms with Gasteiger partial charge >= 0.3 is 0 Å². The number of hydrogen-bond acceptors (Lipinski definition) is 2. The highest BCUT2D eigenvalue weighted by Gasteiger charge is 2.24. The van der Waals surface area contributed by atoms with Crippen LogP contribution in [0.1, 0.15) is 43.7 Å². The fourth-order valence-corrected chi connectivity index (χ4v) is 2.65. The maximum Gasteiger partial charge on any atom is 0.269 e. The molecule has 0 aromatic heterocycles. The van der Waals surface area contributed by atoms with Gasteiger partial charge in [-0.15, -0.1) is 0 Å². The lowest BCUT2D eigenvalue weighted by molar-refractivity contribution is -0.385. The highest BCUT2D eigenvalue weighted by Crippen LogP contribution is 2.36. The van der Waals surface area contributed by atoms with Gasteiger partial charge in [0.2, 0.25) is 0 Å². The minimum atomic E-state index is -2.71. The van der Waals surface area contributed by atoms with E-state index in [-0.39, 0.29) is 22.0 Å². The Morgan fingerprint density at radius 1 is 1.39 bits per heavy atom. The molecule has 18 heavy (non-hydrogen) atoms. The molecule has 2 unspecified atom stereocenters. The van der Waals surface area contributed by atoms with Crippen LogP contribution < -0.4 is 0 Å². The molecule has 0 aliphatic carbocycles. The number of rotatable bonds is 5. The zero-order valence-electron chi connectivity index (χ0n) is 10.1. The van der Waals surface area contributed by atoms with Gasteiger partial charge in [-0.1, -0.05) is 35.8 Å². The first-order valence-electron chi connectivity index (χ1n) is 5.58. The van der Waals surface area contributed by atoms with Gasteiger partial charge in [0, 0.05) is 22.5 Å². The third kappa shape index (κ3) is 3.25. The van der Waals surface area contributed by atoms with Crippen molar-refractivity contribution in [2.75, 3.05) is 0 Å². The van der Waals surface area contributed by atoms with Gasteiger partial charge in [-0.3, -0.25) is 10.1 Å². The van der Waals surface area contributed by atoms with Crippen molar-refractivity contribution in [2.45, 2.75) is 37.4 Å². The monoisotopic (exact) mass is 321 g/mol. The molecule has 0 heterocycles. The van der Waals surface area contributed by atoms with Gasteiger partial charge < -0.3 is 0 Å². The molecule has 1 aromatic carbocycles. The molecule has 0 N–H and O–H groups in total. The molecule has 1 rings (SSSR count). The number of benzene rings is 1. The molecule has 100 valence electrons. The van der Waals surface area contributed by atoms with E-state index >= 15 is 0 Å². The molecule has 0 bridgehead atoms. The lowest BCUT2D eigenvalue weighted by Crippen LogP contribution is -2.11. The number of non-ortho nitro benzene ring substituents is 1. The fraction of sp³-hybridized carbons (Fsp3) is 0.500. The number of alkyl halides is 3. The van der Waals surface area contributed by atoms with Crippen LogP contribution in [0.3, 0.4) is 0 Å². The average molecular weight is 322 g/mol. The molecule has 1 aromatic rings. The first-order chi connectivity index (χ1) is 8.38. The van der Waals surface area contributed by atoms with Gasteiger partial charge in [0.25, 0.3) is 12.1 Å². The summed E-state index contributed by atoms with van der Waals surface area (Å²) in [6, 6.07) is 3.68. The minimum Gasteiger partial charge on any atom is -0.258 e. The summed E-state index contributed by atoms with van der Waals surface area (Å²) in [5.74, 6) is -0.0881. The summed E-state index contributed by atoms with van der Waals surface area (Å²) in [5.41, 5.74) is -0.0732. The molecule has 0 aliphatic heterocycles. The Labute approximate surface area is 112 Å². The number of halogens is 3. The Morgan fingerprint density at radius 3 is 2.39 bits per heavy atom. The lowest BCUT2D eigenvalue weighted by atomic mass is 9.90. The van der Waals surface area contributed by atoms with Crippen LogP contribution >= 0.6 is 15.9 Å². The molecule has 0 fully saturated rings. The smallest absolute Gasteiger partial charge is 0.258 e. The zero-order valence-corrected chi connectivity index (χ0v) is 11.7. The van der Waals surface area contributed by atoms with Crippen LogP contribution in [0.4, 0.5) is 14.5 Å². The standard InChI is InChI=1S/C12H14BrF2NO2/c1-3-9(7(2)13)10-5-4-8(16(17)18)6-11(10)12(14)15/h4-7,9,12H,3H2,1-2H3. The third-order valence-corrected chi connectivity index (χ3v) is 3.55. The summed E-state index contributed by atoms with van der Waals surface area (Å²) >= 11 is 3.39. The quantitative estimate of drug-likeness (QED) is 0.443. The summed E-state index contributed by atoms with van der Waals surface area (Å²) in [6.45, 7) is 3.78. The van der Waals surface area contributed by atoms with E-state index in [0.717, 1.165) is 6.07 Å². The Kier molecular flexibility index (Phi) is 5.19. The SMILES string of the molecule is CCC(c1ccc([N+](=O)[O-])cc1C(F)F)C(C)Br. The van der Waals surface area contributed by atoms with E-state index in [9.17, 15) is 18.9 Å². The van der Waals surface area contributed by atoms with Gasteiger partial charge in [0.1, 0.15) is 0 Å². The van der Waals surface area contributed by atoms with Gasteiger partial charge in [0.05, 0.1) is 4.92 Å². The van der Waals surface area contributed by atoms with Crippen molar-refractivity contribution < 1.29 is 13.7 Å².